The zero-order valence-electron chi connectivity index (χ0n) is 22.1. The van der Waals surface area contributed by atoms with Crippen LogP contribution in [0.4, 0.5) is 0 Å². The van der Waals surface area contributed by atoms with Crippen LogP contribution in [0, 0.1) is 20.6 Å². The lowest BCUT2D eigenvalue weighted by molar-refractivity contribution is -0.661. The number of benzene rings is 2. The van der Waals surface area contributed by atoms with Crippen LogP contribution in [-0.2, 0) is 12.5 Å². The highest BCUT2D eigenvalue weighted by molar-refractivity contribution is 5.77. The van der Waals surface area contributed by atoms with Crippen molar-refractivity contribution >= 4 is 0 Å². The molecule has 1 aromatic heterocycles. The molecule has 0 aliphatic heterocycles. The molecule has 0 bridgehead atoms. The first-order valence-corrected chi connectivity index (χ1v) is 8.86. The van der Waals surface area contributed by atoms with Crippen molar-refractivity contribution in [3.8, 4) is 22.4 Å². The Labute approximate surface area is 166 Å². The molecular formula is C25H30N+. The molecule has 0 spiro atoms. The van der Waals surface area contributed by atoms with Crippen molar-refractivity contribution < 1.29 is 12.8 Å². The summed E-state index contributed by atoms with van der Waals surface area (Å²) >= 11 is 0. The maximum absolute atomic E-state index is 8.09. The molecule has 1 heterocycles. The molecule has 0 saturated carbocycles. The smallest absolute Gasteiger partial charge is 0.201 e. The molecule has 0 radical (unpaired) electrons. The molecule has 1 nitrogen and oxygen atoms in total. The SMILES string of the molecule is [2H]C([2H])([2H])c1ccccc1-c1cc(-c2ccc(C(C)(C)C)c[n+]2C)c(C)cc1C([2H])([2H])[2H]. The molecule has 3 aromatic rings. The van der Waals surface area contributed by atoms with Crippen LogP contribution >= 0.6 is 0 Å². The van der Waals surface area contributed by atoms with Crippen LogP contribution < -0.4 is 4.57 Å². The Morgan fingerprint density at radius 2 is 1.54 bits per heavy atom. The van der Waals surface area contributed by atoms with E-state index < -0.39 is 13.7 Å². The number of rotatable bonds is 2. The van der Waals surface area contributed by atoms with Crippen molar-refractivity contribution in [2.24, 2.45) is 7.05 Å². The van der Waals surface area contributed by atoms with Gasteiger partial charge in [-0.1, -0.05) is 51.1 Å². The lowest BCUT2D eigenvalue weighted by Gasteiger charge is -2.18. The molecule has 0 aliphatic rings. The minimum Gasteiger partial charge on any atom is -0.201 e. The van der Waals surface area contributed by atoms with Gasteiger partial charge in [0.05, 0.1) is 0 Å². The van der Waals surface area contributed by atoms with Crippen LogP contribution in [0.3, 0.4) is 0 Å². The van der Waals surface area contributed by atoms with E-state index in [-0.39, 0.29) is 16.5 Å². The summed E-state index contributed by atoms with van der Waals surface area (Å²) in [5.74, 6) is 0. The highest BCUT2D eigenvalue weighted by atomic mass is 14.9. The maximum atomic E-state index is 8.09. The lowest BCUT2D eigenvalue weighted by atomic mass is 9.87. The fourth-order valence-corrected chi connectivity index (χ4v) is 3.26. The van der Waals surface area contributed by atoms with Crippen molar-refractivity contribution in [3.63, 3.8) is 0 Å². The summed E-state index contributed by atoms with van der Waals surface area (Å²) in [6.07, 6.45) is 2.09. The Kier molecular flexibility index (Phi) is 3.12. The predicted octanol–water partition coefficient (Wildman–Crippen LogP) is 6.07. The highest BCUT2D eigenvalue weighted by Gasteiger charge is 2.21. The second kappa shape index (κ2) is 6.72. The minimum atomic E-state index is -2.38. The van der Waals surface area contributed by atoms with Gasteiger partial charge < -0.3 is 0 Å². The van der Waals surface area contributed by atoms with Crippen LogP contribution in [0.5, 0.6) is 0 Å². The van der Waals surface area contributed by atoms with Crippen LogP contribution in [0.2, 0.25) is 0 Å². The first-order chi connectivity index (χ1) is 14.6. The molecule has 1 heteroatoms. The standard InChI is InChI=1S/C25H30N/c1-17-10-8-9-11-21(17)22-15-23(19(3)14-18(22)2)24-13-12-20(16-26(24)7)25(4,5)6/h8-16H,1-7H3/q+1/i1D3,2D3. The topological polar surface area (TPSA) is 3.88 Å². The molecule has 0 N–H and O–H groups in total. The zero-order chi connectivity index (χ0) is 24.1. The van der Waals surface area contributed by atoms with E-state index in [9.17, 15) is 0 Å². The molecule has 0 atom stereocenters. The van der Waals surface area contributed by atoms with E-state index in [1.807, 2.05) is 30.7 Å². The number of aromatic nitrogens is 1. The Morgan fingerprint density at radius 1 is 0.808 bits per heavy atom. The molecule has 134 valence electrons. The molecule has 0 amide bonds. The Balaban J connectivity index is 2.33. The third kappa shape index (κ3) is 3.44. The quantitative estimate of drug-likeness (QED) is 0.494. The van der Waals surface area contributed by atoms with Gasteiger partial charge in [-0.05, 0) is 66.0 Å². The summed E-state index contributed by atoms with van der Waals surface area (Å²) in [6.45, 7) is 3.62. The van der Waals surface area contributed by atoms with Gasteiger partial charge in [0.2, 0.25) is 5.69 Å². The summed E-state index contributed by atoms with van der Waals surface area (Å²) in [5, 5.41) is 0. The molecular weight excluding hydrogens is 314 g/mol. The Hall–Kier alpha value is -2.41. The normalized spacial score (nSPS) is 16.0. The van der Waals surface area contributed by atoms with Crippen molar-refractivity contribution in [2.75, 3.05) is 0 Å². The van der Waals surface area contributed by atoms with Crippen LogP contribution in [0.15, 0.2) is 54.7 Å². The summed E-state index contributed by atoms with van der Waals surface area (Å²) in [4.78, 5) is 0. The van der Waals surface area contributed by atoms with E-state index in [0.29, 0.717) is 11.1 Å². The molecule has 2 aromatic carbocycles. The summed E-state index contributed by atoms with van der Waals surface area (Å²) in [7, 11) is 1.97. The zero-order valence-corrected chi connectivity index (χ0v) is 16.1. The van der Waals surface area contributed by atoms with E-state index >= 15 is 0 Å². The van der Waals surface area contributed by atoms with Crippen LogP contribution in [-0.4, -0.2) is 0 Å². The number of nitrogens with zero attached hydrogens (tertiary/aromatic N) is 1. The second-order valence-corrected chi connectivity index (χ2v) is 7.92. The summed E-state index contributed by atoms with van der Waals surface area (Å²) in [5.41, 5.74) is 4.97. The third-order valence-electron chi connectivity index (χ3n) is 4.86. The van der Waals surface area contributed by atoms with Gasteiger partial charge in [0.1, 0.15) is 7.05 Å². The second-order valence-electron chi connectivity index (χ2n) is 7.92. The van der Waals surface area contributed by atoms with Gasteiger partial charge >= 0.3 is 0 Å². The number of pyridine rings is 1. The molecule has 0 fully saturated rings. The van der Waals surface area contributed by atoms with Gasteiger partial charge in [-0.25, -0.2) is 4.57 Å². The van der Waals surface area contributed by atoms with E-state index in [1.165, 1.54) is 5.56 Å². The number of aryl methyl sites for hydroxylation is 4. The van der Waals surface area contributed by atoms with Gasteiger partial charge in [0.25, 0.3) is 0 Å². The summed E-state index contributed by atoms with van der Waals surface area (Å²) < 4.78 is 50.2. The molecule has 0 unspecified atom stereocenters. The molecule has 0 aliphatic carbocycles. The van der Waals surface area contributed by atoms with Gasteiger partial charge in [0, 0.05) is 25.4 Å². The van der Waals surface area contributed by atoms with Crippen molar-refractivity contribution in [1.29, 1.82) is 0 Å². The number of hydrogen-bond donors (Lipinski definition) is 0. The van der Waals surface area contributed by atoms with Gasteiger partial charge in [-0.2, -0.15) is 0 Å². The molecule has 0 saturated heterocycles. The molecule has 26 heavy (non-hydrogen) atoms. The van der Waals surface area contributed by atoms with Gasteiger partial charge in [-0.3, -0.25) is 0 Å². The van der Waals surface area contributed by atoms with E-state index in [2.05, 4.69) is 33.0 Å². The summed E-state index contributed by atoms with van der Waals surface area (Å²) in [6, 6.07) is 14.3. The van der Waals surface area contributed by atoms with Gasteiger partial charge in [0.15, 0.2) is 6.20 Å². The maximum Gasteiger partial charge on any atom is 0.212 e. The van der Waals surface area contributed by atoms with Gasteiger partial charge in [-0.15, -0.1) is 0 Å². The van der Waals surface area contributed by atoms with E-state index in [0.717, 1.165) is 16.8 Å². The van der Waals surface area contributed by atoms with E-state index in [1.54, 1.807) is 30.3 Å². The fourth-order valence-electron chi connectivity index (χ4n) is 3.26. The van der Waals surface area contributed by atoms with Crippen LogP contribution in [0.25, 0.3) is 22.4 Å². The van der Waals surface area contributed by atoms with E-state index in [4.69, 9.17) is 8.22 Å². The van der Waals surface area contributed by atoms with Crippen molar-refractivity contribution in [3.05, 3.63) is 77.0 Å². The average Bonchev–Trinajstić information content (AvgIpc) is 2.66. The lowest BCUT2D eigenvalue weighted by Crippen LogP contribution is -2.33. The van der Waals surface area contributed by atoms with Crippen LogP contribution in [0.1, 0.15) is 51.2 Å². The predicted molar refractivity (Wildman–Crippen MR) is 111 cm³/mol. The minimum absolute atomic E-state index is 0.000259. The first kappa shape index (κ1) is 12.1. The average molecular weight is 351 g/mol. The van der Waals surface area contributed by atoms with Crippen molar-refractivity contribution in [2.45, 2.75) is 46.8 Å². The Bertz CT molecular complexity index is 1150. The van der Waals surface area contributed by atoms with Crippen molar-refractivity contribution in [1.82, 2.24) is 0 Å². The largest absolute Gasteiger partial charge is 0.212 e. The molecule has 3 rings (SSSR count). The Morgan fingerprint density at radius 3 is 2.19 bits per heavy atom. The first-order valence-electron chi connectivity index (χ1n) is 11.9. The fraction of sp³-hybridized carbons (Fsp3) is 0.320. The monoisotopic (exact) mass is 350 g/mol. The number of hydrogen-bond acceptors (Lipinski definition) is 0. The third-order valence-corrected chi connectivity index (χ3v) is 4.86. The highest BCUT2D eigenvalue weighted by Crippen LogP contribution is 2.33.